The van der Waals surface area contributed by atoms with E-state index in [9.17, 15) is 19.2 Å². The Morgan fingerprint density at radius 1 is 0.800 bits per heavy atom. The highest BCUT2D eigenvalue weighted by molar-refractivity contribution is 6.28. The number of nitrogens with one attached hydrogen (secondary N) is 7. The van der Waals surface area contributed by atoms with Crippen LogP contribution in [0.2, 0.25) is 5.28 Å². The maximum Gasteiger partial charge on any atom is 0.411 e. The zero-order valence-corrected chi connectivity index (χ0v) is 27.2. The second kappa shape index (κ2) is 16.4. The largest absolute Gasteiger partial charge is 0.449 e. The summed E-state index contributed by atoms with van der Waals surface area (Å²) < 4.78 is 10.2. The fourth-order valence-electron chi connectivity index (χ4n) is 4.81. The number of carbonyl (C=O) groups is 4. The first-order chi connectivity index (χ1) is 24.2. The molecule has 0 bridgehead atoms. The zero-order chi connectivity index (χ0) is 35.5. The number of benzene rings is 3. The molecule has 0 radical (unpaired) electrons. The van der Waals surface area contributed by atoms with Crippen LogP contribution in [0.15, 0.2) is 60.7 Å². The Kier molecular flexibility index (Phi) is 11.4. The summed E-state index contributed by atoms with van der Waals surface area (Å²) in [6.45, 7) is 0.602. The monoisotopic (exact) mass is 699 g/mol. The summed E-state index contributed by atoms with van der Waals surface area (Å²) in [4.78, 5) is 59.8. The second-order valence-corrected chi connectivity index (χ2v) is 10.9. The molecule has 7 amide bonds. The molecule has 0 aliphatic heterocycles. The number of fused-ring (bicyclic) bond motifs is 3. The molecule has 18 heteroatoms. The van der Waals surface area contributed by atoms with Crippen LogP contribution in [0.4, 0.5) is 42.4 Å². The molecular weight excluding hydrogens is 670 g/mol. The normalized spacial score (nSPS) is 10.7. The van der Waals surface area contributed by atoms with Crippen LogP contribution in [0.25, 0.3) is 11.1 Å². The predicted octanol–water partition coefficient (Wildman–Crippen LogP) is 4.79. The standard InChI is InChI=1S/C32H30ClN11O6/c1-35-29(45)43-27-40-26(33)41-28(42-27)44-31(47)38-21-5-3-18(4-6-21)16-37-30(46)36-11-2-12-49-32(48)39-22-7-9-24-19(14-22)13-20-15-23(50-17-34)8-10-25(20)24/h3-10,14-15H,2,11-13,16H2,1H3,(H,39,48)(H2,36,37,46)(H4,35,38,40,41,42,43,44,45,47). The van der Waals surface area contributed by atoms with Crippen LogP contribution in [0, 0.1) is 11.5 Å². The van der Waals surface area contributed by atoms with Crippen molar-refractivity contribution in [3.63, 3.8) is 0 Å². The molecule has 50 heavy (non-hydrogen) atoms. The molecule has 256 valence electrons. The molecule has 1 heterocycles. The Bertz CT molecular complexity index is 1950. The van der Waals surface area contributed by atoms with Crippen LogP contribution < -0.4 is 42.0 Å². The molecule has 1 aromatic heterocycles. The molecule has 0 atom stereocenters. The number of ether oxygens (including phenoxy) is 2. The lowest BCUT2D eigenvalue weighted by Gasteiger charge is -2.10. The summed E-state index contributed by atoms with van der Waals surface area (Å²) in [5.74, 6) is 0.155. The minimum atomic E-state index is -0.664. The van der Waals surface area contributed by atoms with Crippen LogP contribution in [0.5, 0.6) is 5.75 Å². The van der Waals surface area contributed by atoms with E-state index < -0.39 is 24.2 Å². The van der Waals surface area contributed by atoms with E-state index in [4.69, 9.17) is 26.3 Å². The third-order valence-electron chi connectivity index (χ3n) is 7.05. The van der Waals surface area contributed by atoms with E-state index in [0.29, 0.717) is 30.0 Å². The number of hydrogen-bond acceptors (Lipinski definition) is 10. The predicted molar refractivity (Wildman–Crippen MR) is 183 cm³/mol. The van der Waals surface area contributed by atoms with Crippen LogP contribution in [-0.4, -0.2) is 59.3 Å². The van der Waals surface area contributed by atoms with Gasteiger partial charge in [0.2, 0.25) is 17.2 Å². The van der Waals surface area contributed by atoms with E-state index in [1.807, 2.05) is 24.3 Å². The average Bonchev–Trinajstić information content (AvgIpc) is 3.44. The Labute approximate surface area is 290 Å². The minimum absolute atomic E-state index is 0.0978. The molecule has 3 aromatic carbocycles. The summed E-state index contributed by atoms with van der Waals surface area (Å²) in [6.07, 6.45) is 2.12. The number of anilines is 4. The van der Waals surface area contributed by atoms with Crippen molar-refractivity contribution in [2.24, 2.45) is 0 Å². The molecule has 0 saturated heterocycles. The molecule has 5 rings (SSSR count). The maximum absolute atomic E-state index is 12.4. The van der Waals surface area contributed by atoms with E-state index in [0.717, 1.165) is 27.8 Å². The van der Waals surface area contributed by atoms with E-state index in [-0.39, 0.29) is 36.9 Å². The van der Waals surface area contributed by atoms with Crippen molar-refractivity contribution in [1.82, 2.24) is 30.9 Å². The van der Waals surface area contributed by atoms with Gasteiger partial charge in [0.25, 0.3) is 6.26 Å². The van der Waals surface area contributed by atoms with Crippen molar-refractivity contribution in [3.8, 4) is 23.1 Å². The summed E-state index contributed by atoms with van der Waals surface area (Å²) in [5.41, 5.74) is 6.01. The summed E-state index contributed by atoms with van der Waals surface area (Å²) >= 11 is 5.83. The molecule has 4 aromatic rings. The zero-order valence-electron chi connectivity index (χ0n) is 26.4. The van der Waals surface area contributed by atoms with Crippen molar-refractivity contribution >= 4 is 59.1 Å². The van der Waals surface area contributed by atoms with Crippen molar-refractivity contribution in [2.45, 2.75) is 19.4 Å². The third-order valence-corrected chi connectivity index (χ3v) is 7.22. The van der Waals surface area contributed by atoms with Gasteiger partial charge in [-0.15, -0.1) is 5.26 Å². The van der Waals surface area contributed by atoms with Gasteiger partial charge in [0, 0.05) is 31.5 Å². The van der Waals surface area contributed by atoms with Crippen molar-refractivity contribution in [3.05, 3.63) is 82.6 Å². The van der Waals surface area contributed by atoms with Gasteiger partial charge in [0.1, 0.15) is 5.75 Å². The lowest BCUT2D eigenvalue weighted by molar-refractivity contribution is 0.160. The fraction of sp³-hybridized carbons (Fsp3) is 0.188. The highest BCUT2D eigenvalue weighted by Crippen LogP contribution is 2.39. The highest BCUT2D eigenvalue weighted by atomic mass is 35.5. The molecule has 7 N–H and O–H groups in total. The Morgan fingerprint density at radius 2 is 1.48 bits per heavy atom. The molecule has 0 spiro atoms. The lowest BCUT2D eigenvalue weighted by Crippen LogP contribution is -2.36. The summed E-state index contributed by atoms with van der Waals surface area (Å²) in [5, 5.41) is 26.3. The molecule has 0 fully saturated rings. The first-order valence-electron chi connectivity index (χ1n) is 15.0. The second-order valence-electron chi connectivity index (χ2n) is 10.5. The van der Waals surface area contributed by atoms with Crippen molar-refractivity contribution < 1.29 is 28.7 Å². The summed E-state index contributed by atoms with van der Waals surface area (Å²) in [7, 11) is 1.41. The Hall–Kier alpha value is -6.67. The van der Waals surface area contributed by atoms with Crippen LogP contribution >= 0.6 is 11.6 Å². The van der Waals surface area contributed by atoms with E-state index in [1.165, 1.54) is 7.05 Å². The van der Waals surface area contributed by atoms with Gasteiger partial charge in [0.05, 0.1) is 6.61 Å². The molecule has 0 saturated carbocycles. The minimum Gasteiger partial charge on any atom is -0.449 e. The number of hydrogen-bond donors (Lipinski definition) is 7. The quantitative estimate of drug-likeness (QED) is 0.0735. The Morgan fingerprint density at radius 3 is 2.20 bits per heavy atom. The number of amides is 7. The number of carbonyl (C=O) groups excluding carboxylic acids is 4. The van der Waals surface area contributed by atoms with Crippen molar-refractivity contribution in [1.29, 1.82) is 5.26 Å². The molecular formula is C32H30ClN11O6. The Balaban J connectivity index is 0.960. The molecule has 1 aliphatic carbocycles. The van der Waals surface area contributed by atoms with E-state index >= 15 is 0 Å². The highest BCUT2D eigenvalue weighted by Gasteiger charge is 2.20. The number of nitrogens with zero attached hydrogens (tertiary/aromatic N) is 4. The number of nitriles is 1. The van der Waals surface area contributed by atoms with Gasteiger partial charge in [-0.3, -0.25) is 16.0 Å². The van der Waals surface area contributed by atoms with E-state index in [1.54, 1.807) is 42.7 Å². The SMILES string of the molecule is CNC(=O)Nc1nc(Cl)nc(NC(=O)Nc2ccc(CNC(=O)NCCCOC(=O)Nc3ccc4c(c3)Cc3cc(OC#N)ccc3-4)cc2)n1. The first kappa shape index (κ1) is 34.7. The van der Waals surface area contributed by atoms with Gasteiger partial charge in [-0.2, -0.15) is 15.0 Å². The van der Waals surface area contributed by atoms with Gasteiger partial charge in [-0.05, 0) is 88.7 Å². The van der Waals surface area contributed by atoms with Crippen LogP contribution in [0.3, 0.4) is 0 Å². The van der Waals surface area contributed by atoms with Gasteiger partial charge < -0.3 is 30.7 Å². The van der Waals surface area contributed by atoms with Crippen molar-refractivity contribution in [2.75, 3.05) is 41.5 Å². The van der Waals surface area contributed by atoms with Gasteiger partial charge in [-0.1, -0.05) is 24.3 Å². The summed E-state index contributed by atoms with van der Waals surface area (Å²) in [6, 6.07) is 16.2. The number of halogens is 1. The fourth-order valence-corrected chi connectivity index (χ4v) is 4.97. The molecule has 17 nitrogen and oxygen atoms in total. The first-order valence-corrected chi connectivity index (χ1v) is 15.4. The smallest absolute Gasteiger partial charge is 0.411 e. The van der Waals surface area contributed by atoms with E-state index in [2.05, 4.69) is 52.2 Å². The van der Waals surface area contributed by atoms with Gasteiger partial charge >= 0.3 is 24.2 Å². The van der Waals surface area contributed by atoms with Gasteiger partial charge in [-0.25, -0.2) is 19.2 Å². The maximum atomic E-state index is 12.4. The average molecular weight is 700 g/mol. The third kappa shape index (κ3) is 9.68. The topological polar surface area (TPSA) is 233 Å². The number of aromatic nitrogens is 3. The van der Waals surface area contributed by atoms with Gasteiger partial charge in [0.15, 0.2) is 0 Å². The molecule has 1 aliphatic rings. The molecule has 0 unspecified atom stereocenters. The number of urea groups is 3. The lowest BCUT2D eigenvalue weighted by atomic mass is 10.1. The number of rotatable bonds is 11. The van der Waals surface area contributed by atoms with Crippen LogP contribution in [-0.2, 0) is 17.7 Å². The van der Waals surface area contributed by atoms with Crippen LogP contribution in [0.1, 0.15) is 23.1 Å².